The van der Waals surface area contributed by atoms with Crippen LogP contribution in [0.3, 0.4) is 0 Å². The molecular formula is C14H19Cl2N3O. The lowest BCUT2D eigenvalue weighted by Gasteiger charge is -2.34. The van der Waals surface area contributed by atoms with Gasteiger partial charge >= 0.3 is 0 Å². The number of carbonyl (C=O) groups excluding carboxylic acids is 1. The van der Waals surface area contributed by atoms with Gasteiger partial charge in [-0.15, -0.1) is 0 Å². The lowest BCUT2D eigenvalue weighted by molar-refractivity contribution is 0.0900. The van der Waals surface area contributed by atoms with Crippen LogP contribution in [0, 0.1) is 0 Å². The van der Waals surface area contributed by atoms with Crippen molar-refractivity contribution < 1.29 is 4.79 Å². The summed E-state index contributed by atoms with van der Waals surface area (Å²) in [6.45, 7) is 6.42. The molecule has 1 amide bonds. The van der Waals surface area contributed by atoms with Gasteiger partial charge < -0.3 is 10.2 Å². The van der Waals surface area contributed by atoms with Crippen LogP contribution >= 0.6 is 23.2 Å². The van der Waals surface area contributed by atoms with Gasteiger partial charge in [0.2, 0.25) is 0 Å². The molecule has 1 aliphatic heterocycles. The minimum absolute atomic E-state index is 0.140. The molecular weight excluding hydrogens is 297 g/mol. The quantitative estimate of drug-likeness (QED) is 0.872. The third-order valence-corrected chi connectivity index (χ3v) is 4.34. The second-order valence-corrected chi connectivity index (χ2v) is 6.14. The zero-order valence-corrected chi connectivity index (χ0v) is 13.2. The fourth-order valence-corrected chi connectivity index (χ4v) is 2.64. The summed E-state index contributed by atoms with van der Waals surface area (Å²) in [5.41, 5.74) is 0.450. The van der Waals surface area contributed by atoms with E-state index < -0.39 is 0 Å². The Kier molecular flexibility index (Phi) is 5.24. The fourth-order valence-electron chi connectivity index (χ4n) is 2.37. The van der Waals surface area contributed by atoms with Crippen LogP contribution < -0.4 is 5.32 Å². The maximum atomic E-state index is 12.1. The fraction of sp³-hybridized carbons (Fsp3) is 0.571. The van der Waals surface area contributed by atoms with Crippen molar-refractivity contribution >= 4 is 29.1 Å². The molecule has 0 saturated carbocycles. The Balaban J connectivity index is 1.91. The number of halogens is 2. The molecule has 0 spiro atoms. The van der Waals surface area contributed by atoms with Crippen LogP contribution in [0.2, 0.25) is 10.2 Å². The molecule has 6 heteroatoms. The summed E-state index contributed by atoms with van der Waals surface area (Å²) in [6, 6.07) is 2.33. The van der Waals surface area contributed by atoms with Crippen molar-refractivity contribution in [2.24, 2.45) is 0 Å². The highest BCUT2D eigenvalue weighted by Crippen LogP contribution is 2.20. The summed E-state index contributed by atoms with van der Waals surface area (Å²) in [4.78, 5) is 18.4. The summed E-state index contributed by atoms with van der Waals surface area (Å²) < 4.78 is 0. The van der Waals surface area contributed by atoms with E-state index in [9.17, 15) is 4.79 Å². The van der Waals surface area contributed by atoms with Crippen LogP contribution in [0.4, 0.5) is 0 Å². The molecule has 0 atom stereocenters. The number of nitrogens with zero attached hydrogens (tertiary/aromatic N) is 2. The van der Waals surface area contributed by atoms with Crippen molar-refractivity contribution in [3.63, 3.8) is 0 Å². The molecule has 1 aromatic rings. The topological polar surface area (TPSA) is 45.2 Å². The molecule has 1 N–H and O–H groups in total. The van der Waals surface area contributed by atoms with Crippen LogP contribution in [0.25, 0.3) is 0 Å². The third kappa shape index (κ3) is 3.84. The Hall–Kier alpha value is -0.840. The maximum absolute atomic E-state index is 12.1. The van der Waals surface area contributed by atoms with E-state index in [4.69, 9.17) is 23.2 Å². The first-order valence-corrected chi connectivity index (χ1v) is 7.59. The van der Waals surface area contributed by atoms with Crippen molar-refractivity contribution in [1.29, 1.82) is 0 Å². The van der Waals surface area contributed by atoms with Crippen molar-refractivity contribution in [3.8, 4) is 0 Å². The number of nitrogens with one attached hydrogen (secondary N) is 1. The molecule has 0 unspecified atom stereocenters. The first-order chi connectivity index (χ1) is 9.47. The molecule has 0 aliphatic carbocycles. The van der Waals surface area contributed by atoms with Gasteiger partial charge in [0.15, 0.2) is 0 Å². The minimum Gasteiger partial charge on any atom is -0.349 e. The number of hydrogen-bond acceptors (Lipinski definition) is 3. The third-order valence-electron chi connectivity index (χ3n) is 3.65. The van der Waals surface area contributed by atoms with Crippen molar-refractivity contribution in [2.45, 2.75) is 38.8 Å². The smallest absolute Gasteiger partial charge is 0.253 e. The van der Waals surface area contributed by atoms with Gasteiger partial charge in [-0.2, -0.15) is 0 Å². The molecule has 0 radical (unpaired) electrons. The lowest BCUT2D eigenvalue weighted by Crippen LogP contribution is -2.46. The molecule has 1 aromatic heterocycles. The van der Waals surface area contributed by atoms with E-state index >= 15 is 0 Å². The number of piperidine rings is 1. The number of amides is 1. The minimum atomic E-state index is -0.140. The van der Waals surface area contributed by atoms with E-state index in [1.165, 1.54) is 6.20 Å². The Morgan fingerprint density at radius 1 is 1.40 bits per heavy atom. The van der Waals surface area contributed by atoms with Gasteiger partial charge in [0.25, 0.3) is 5.91 Å². The summed E-state index contributed by atoms with van der Waals surface area (Å²) in [5.74, 6) is -0.140. The van der Waals surface area contributed by atoms with E-state index in [2.05, 4.69) is 29.0 Å². The molecule has 20 heavy (non-hydrogen) atoms. The SMILES string of the molecule is CC(C)N1CCC(NC(=O)c2cnc(Cl)c(Cl)c2)CC1. The number of hydrogen-bond donors (Lipinski definition) is 1. The van der Waals surface area contributed by atoms with E-state index in [0.29, 0.717) is 16.6 Å². The first kappa shape index (κ1) is 15.5. The van der Waals surface area contributed by atoms with Gasteiger partial charge in [0.05, 0.1) is 10.6 Å². The van der Waals surface area contributed by atoms with Gasteiger partial charge in [-0.1, -0.05) is 23.2 Å². The van der Waals surface area contributed by atoms with Gasteiger partial charge in [-0.3, -0.25) is 4.79 Å². The largest absolute Gasteiger partial charge is 0.349 e. The lowest BCUT2D eigenvalue weighted by atomic mass is 10.0. The number of pyridine rings is 1. The highest BCUT2D eigenvalue weighted by Gasteiger charge is 2.22. The van der Waals surface area contributed by atoms with E-state index in [-0.39, 0.29) is 17.1 Å². The molecule has 0 bridgehead atoms. The van der Waals surface area contributed by atoms with Gasteiger partial charge in [0, 0.05) is 31.4 Å². The Bertz CT molecular complexity index is 485. The van der Waals surface area contributed by atoms with Crippen molar-refractivity contribution in [3.05, 3.63) is 28.0 Å². The summed E-state index contributed by atoms with van der Waals surface area (Å²) in [6.07, 6.45) is 3.39. The van der Waals surface area contributed by atoms with Crippen LogP contribution in [-0.2, 0) is 0 Å². The predicted molar refractivity (Wildman–Crippen MR) is 81.5 cm³/mol. The Morgan fingerprint density at radius 2 is 2.05 bits per heavy atom. The monoisotopic (exact) mass is 315 g/mol. The van der Waals surface area contributed by atoms with E-state index in [1.54, 1.807) is 6.07 Å². The van der Waals surface area contributed by atoms with Crippen LogP contribution in [0.5, 0.6) is 0 Å². The first-order valence-electron chi connectivity index (χ1n) is 6.83. The number of likely N-dealkylation sites (tertiary alicyclic amines) is 1. The molecule has 1 saturated heterocycles. The zero-order chi connectivity index (χ0) is 14.7. The number of carbonyl (C=O) groups is 1. The summed E-state index contributed by atoms with van der Waals surface area (Å²) in [5, 5.41) is 3.55. The maximum Gasteiger partial charge on any atom is 0.253 e. The molecule has 2 heterocycles. The molecule has 1 fully saturated rings. The van der Waals surface area contributed by atoms with Gasteiger partial charge in [0.1, 0.15) is 5.15 Å². The average molecular weight is 316 g/mol. The average Bonchev–Trinajstić information content (AvgIpc) is 2.42. The highest BCUT2D eigenvalue weighted by atomic mass is 35.5. The molecule has 110 valence electrons. The van der Waals surface area contributed by atoms with Crippen molar-refractivity contribution in [2.75, 3.05) is 13.1 Å². The molecule has 1 aliphatic rings. The predicted octanol–water partition coefficient (Wildman–Crippen LogP) is 2.99. The highest BCUT2D eigenvalue weighted by molar-refractivity contribution is 6.41. The normalized spacial score (nSPS) is 17.4. The van der Waals surface area contributed by atoms with Gasteiger partial charge in [-0.05, 0) is 32.8 Å². The summed E-state index contributed by atoms with van der Waals surface area (Å²) in [7, 11) is 0. The van der Waals surface area contributed by atoms with Gasteiger partial charge in [-0.25, -0.2) is 4.98 Å². The van der Waals surface area contributed by atoms with E-state index in [0.717, 1.165) is 25.9 Å². The molecule has 4 nitrogen and oxygen atoms in total. The van der Waals surface area contributed by atoms with Crippen molar-refractivity contribution in [1.82, 2.24) is 15.2 Å². The Morgan fingerprint density at radius 3 is 2.60 bits per heavy atom. The zero-order valence-electron chi connectivity index (χ0n) is 11.7. The Labute approximate surface area is 129 Å². The van der Waals surface area contributed by atoms with Crippen LogP contribution in [-0.4, -0.2) is 41.0 Å². The van der Waals surface area contributed by atoms with Crippen LogP contribution in [0.1, 0.15) is 37.0 Å². The van der Waals surface area contributed by atoms with Crippen LogP contribution in [0.15, 0.2) is 12.3 Å². The summed E-state index contributed by atoms with van der Waals surface area (Å²) >= 11 is 11.6. The molecule has 2 rings (SSSR count). The second kappa shape index (κ2) is 6.74. The number of aromatic nitrogens is 1. The number of rotatable bonds is 3. The molecule has 0 aromatic carbocycles. The van der Waals surface area contributed by atoms with E-state index in [1.807, 2.05) is 0 Å². The second-order valence-electron chi connectivity index (χ2n) is 5.37. The standard InChI is InChI=1S/C14H19Cl2N3O/c1-9(2)19-5-3-11(4-6-19)18-14(20)10-7-12(15)13(16)17-8-10/h7-9,11H,3-6H2,1-2H3,(H,18,20).